The Balaban J connectivity index is 2.46. The quantitative estimate of drug-likeness (QED) is 0.775. The Morgan fingerprint density at radius 2 is 2.00 bits per heavy atom. The van der Waals surface area contributed by atoms with Crippen molar-refractivity contribution in [2.45, 2.75) is 33.1 Å². The molecule has 0 bridgehead atoms. The number of carbonyl (C=O) groups excluding carboxylic acids is 1. The number of aliphatic hydroxyl groups excluding tert-OH is 1. The van der Waals surface area contributed by atoms with E-state index in [2.05, 4.69) is 19.2 Å². The third-order valence-corrected chi connectivity index (χ3v) is 3.28. The first-order valence-electron chi connectivity index (χ1n) is 7.23. The van der Waals surface area contributed by atoms with Crippen LogP contribution in [0.2, 0.25) is 0 Å². The molecule has 1 aromatic rings. The molecule has 3 nitrogen and oxygen atoms in total. The lowest BCUT2D eigenvalue weighted by Crippen LogP contribution is -2.31. The largest absolute Gasteiger partial charge is 0.396 e. The minimum absolute atomic E-state index is 0.0186. The second-order valence-electron chi connectivity index (χ2n) is 5.74. The second-order valence-corrected chi connectivity index (χ2v) is 5.74. The van der Waals surface area contributed by atoms with Gasteiger partial charge < -0.3 is 10.4 Å². The van der Waals surface area contributed by atoms with E-state index in [0.717, 1.165) is 18.6 Å². The predicted octanol–water partition coefficient (Wildman–Crippen LogP) is 2.67. The van der Waals surface area contributed by atoms with E-state index >= 15 is 0 Å². The van der Waals surface area contributed by atoms with Gasteiger partial charge in [-0.1, -0.05) is 19.9 Å². The molecular formula is C16H23F2NO2. The van der Waals surface area contributed by atoms with Crippen LogP contribution in [0.4, 0.5) is 8.78 Å². The molecule has 5 heteroatoms. The minimum atomic E-state index is -0.946. The standard InChI is InChI=1S/C16H23F2NO2/c1-11(2)7-13(5-6-20)10-19-16(21)9-12-3-4-14(17)15(18)8-12/h3-4,8,11,13,20H,5-7,9-10H2,1-2H3,(H,19,21). The summed E-state index contributed by atoms with van der Waals surface area (Å²) in [5.74, 6) is -1.38. The number of hydrogen-bond acceptors (Lipinski definition) is 2. The topological polar surface area (TPSA) is 49.3 Å². The molecule has 1 atom stereocenters. The molecule has 0 aromatic heterocycles. The lowest BCUT2D eigenvalue weighted by atomic mass is 9.94. The number of carbonyl (C=O) groups is 1. The Kier molecular flexibility index (Phi) is 7.29. The molecule has 21 heavy (non-hydrogen) atoms. The summed E-state index contributed by atoms with van der Waals surface area (Å²) in [4.78, 5) is 11.8. The molecule has 1 rings (SSSR count). The van der Waals surface area contributed by atoms with Gasteiger partial charge in [-0.05, 0) is 42.4 Å². The Bertz CT molecular complexity index is 464. The van der Waals surface area contributed by atoms with Crippen LogP contribution in [0.3, 0.4) is 0 Å². The zero-order valence-electron chi connectivity index (χ0n) is 12.5. The number of hydrogen-bond donors (Lipinski definition) is 2. The average Bonchev–Trinajstić information content (AvgIpc) is 2.40. The molecule has 0 heterocycles. The van der Waals surface area contributed by atoms with Gasteiger partial charge in [0.1, 0.15) is 0 Å². The molecule has 1 aromatic carbocycles. The number of amides is 1. The fourth-order valence-corrected chi connectivity index (χ4v) is 2.31. The van der Waals surface area contributed by atoms with Crippen LogP contribution in [-0.4, -0.2) is 24.2 Å². The molecule has 0 radical (unpaired) electrons. The van der Waals surface area contributed by atoms with Crippen molar-refractivity contribution >= 4 is 5.91 Å². The summed E-state index contributed by atoms with van der Waals surface area (Å²) < 4.78 is 25.9. The van der Waals surface area contributed by atoms with Crippen LogP contribution in [0.5, 0.6) is 0 Å². The van der Waals surface area contributed by atoms with Crippen molar-refractivity contribution in [3.63, 3.8) is 0 Å². The van der Waals surface area contributed by atoms with E-state index in [1.54, 1.807) is 0 Å². The van der Waals surface area contributed by atoms with Crippen LogP contribution in [0.15, 0.2) is 18.2 Å². The Labute approximate surface area is 124 Å². The SMILES string of the molecule is CC(C)CC(CCO)CNC(=O)Cc1ccc(F)c(F)c1. The molecule has 0 aliphatic heterocycles. The van der Waals surface area contributed by atoms with Crippen LogP contribution in [0.1, 0.15) is 32.3 Å². The van der Waals surface area contributed by atoms with Crippen LogP contribution < -0.4 is 5.32 Å². The highest BCUT2D eigenvalue weighted by molar-refractivity contribution is 5.78. The van der Waals surface area contributed by atoms with E-state index in [-0.39, 0.29) is 24.9 Å². The summed E-state index contributed by atoms with van der Waals surface area (Å²) in [6.45, 7) is 4.76. The van der Waals surface area contributed by atoms with Crippen molar-refractivity contribution in [1.29, 1.82) is 0 Å². The van der Waals surface area contributed by atoms with Crippen molar-refractivity contribution in [3.05, 3.63) is 35.4 Å². The maximum Gasteiger partial charge on any atom is 0.224 e. The summed E-state index contributed by atoms with van der Waals surface area (Å²) in [5.41, 5.74) is 0.439. The maximum atomic E-state index is 13.1. The van der Waals surface area contributed by atoms with Gasteiger partial charge in [0.15, 0.2) is 11.6 Å². The van der Waals surface area contributed by atoms with Crippen LogP contribution in [0, 0.1) is 23.5 Å². The van der Waals surface area contributed by atoms with Gasteiger partial charge in [0.05, 0.1) is 6.42 Å². The zero-order chi connectivity index (χ0) is 15.8. The molecule has 2 N–H and O–H groups in total. The van der Waals surface area contributed by atoms with Crippen molar-refractivity contribution < 1.29 is 18.7 Å². The first kappa shape index (κ1) is 17.6. The molecule has 118 valence electrons. The fourth-order valence-electron chi connectivity index (χ4n) is 2.31. The minimum Gasteiger partial charge on any atom is -0.396 e. The summed E-state index contributed by atoms with van der Waals surface area (Å²) in [5, 5.41) is 11.8. The maximum absolute atomic E-state index is 13.1. The fraction of sp³-hybridized carbons (Fsp3) is 0.562. The molecule has 0 saturated heterocycles. The van der Waals surface area contributed by atoms with Crippen LogP contribution in [-0.2, 0) is 11.2 Å². The van der Waals surface area contributed by atoms with Gasteiger partial charge in [-0.25, -0.2) is 8.78 Å². The Hall–Kier alpha value is -1.49. The van der Waals surface area contributed by atoms with Crippen LogP contribution >= 0.6 is 0 Å². The van der Waals surface area contributed by atoms with Crippen molar-refractivity contribution in [2.75, 3.05) is 13.2 Å². The molecule has 0 fully saturated rings. The number of nitrogens with one attached hydrogen (secondary N) is 1. The average molecular weight is 299 g/mol. The van der Waals surface area contributed by atoms with Gasteiger partial charge in [0.25, 0.3) is 0 Å². The highest BCUT2D eigenvalue weighted by Crippen LogP contribution is 2.14. The van der Waals surface area contributed by atoms with E-state index < -0.39 is 11.6 Å². The molecular weight excluding hydrogens is 276 g/mol. The number of halogens is 2. The van der Waals surface area contributed by atoms with E-state index in [1.165, 1.54) is 6.07 Å². The zero-order valence-corrected chi connectivity index (χ0v) is 12.5. The summed E-state index contributed by atoms with van der Waals surface area (Å²) in [6, 6.07) is 3.46. The second kappa shape index (κ2) is 8.72. The van der Waals surface area contributed by atoms with Crippen molar-refractivity contribution in [3.8, 4) is 0 Å². The number of aliphatic hydroxyl groups is 1. The number of benzene rings is 1. The van der Waals surface area contributed by atoms with Gasteiger partial charge >= 0.3 is 0 Å². The molecule has 1 unspecified atom stereocenters. The first-order valence-corrected chi connectivity index (χ1v) is 7.23. The smallest absolute Gasteiger partial charge is 0.224 e. The van der Waals surface area contributed by atoms with E-state index in [1.807, 2.05) is 0 Å². The first-order chi connectivity index (χ1) is 9.92. The third-order valence-electron chi connectivity index (χ3n) is 3.28. The van der Waals surface area contributed by atoms with Gasteiger partial charge in [0.2, 0.25) is 5.91 Å². The van der Waals surface area contributed by atoms with E-state index in [0.29, 0.717) is 24.4 Å². The molecule has 1 amide bonds. The van der Waals surface area contributed by atoms with Gasteiger partial charge in [-0.2, -0.15) is 0 Å². The Morgan fingerprint density at radius 3 is 2.57 bits per heavy atom. The van der Waals surface area contributed by atoms with Gasteiger partial charge in [-0.15, -0.1) is 0 Å². The van der Waals surface area contributed by atoms with Gasteiger partial charge in [0, 0.05) is 13.2 Å². The summed E-state index contributed by atoms with van der Waals surface area (Å²) in [6.07, 6.45) is 1.58. The van der Waals surface area contributed by atoms with E-state index in [9.17, 15) is 13.6 Å². The monoisotopic (exact) mass is 299 g/mol. The highest BCUT2D eigenvalue weighted by atomic mass is 19.2. The van der Waals surface area contributed by atoms with Crippen molar-refractivity contribution in [2.24, 2.45) is 11.8 Å². The number of rotatable bonds is 8. The van der Waals surface area contributed by atoms with E-state index in [4.69, 9.17) is 5.11 Å². The highest BCUT2D eigenvalue weighted by Gasteiger charge is 2.13. The summed E-state index contributed by atoms with van der Waals surface area (Å²) >= 11 is 0. The molecule has 0 spiro atoms. The van der Waals surface area contributed by atoms with Gasteiger partial charge in [-0.3, -0.25) is 4.79 Å². The molecule has 0 saturated carbocycles. The molecule has 0 aliphatic rings. The third kappa shape index (κ3) is 6.67. The lowest BCUT2D eigenvalue weighted by molar-refractivity contribution is -0.120. The summed E-state index contributed by atoms with van der Waals surface area (Å²) in [7, 11) is 0. The lowest BCUT2D eigenvalue weighted by Gasteiger charge is -2.18. The molecule has 0 aliphatic carbocycles. The van der Waals surface area contributed by atoms with Crippen LogP contribution in [0.25, 0.3) is 0 Å². The predicted molar refractivity (Wildman–Crippen MR) is 77.7 cm³/mol. The normalized spacial score (nSPS) is 12.5. The van der Waals surface area contributed by atoms with Crippen molar-refractivity contribution in [1.82, 2.24) is 5.32 Å². The Morgan fingerprint density at radius 1 is 1.29 bits per heavy atom.